The molecule has 5 aromatic rings. The van der Waals surface area contributed by atoms with Crippen LogP contribution in [0.25, 0.3) is 22.2 Å². The van der Waals surface area contributed by atoms with Crippen LogP contribution >= 0.6 is 0 Å². The number of aromatic nitrogens is 7. The molecule has 0 unspecified atom stereocenters. The smallest absolute Gasteiger partial charge is 0.283 e. The molecule has 6 rings (SSSR count). The van der Waals surface area contributed by atoms with Crippen molar-refractivity contribution in [3.63, 3.8) is 0 Å². The number of rotatable bonds is 7. The number of aromatic amines is 1. The minimum Gasteiger partial charge on any atom is -0.383 e. The molecule has 12 heteroatoms. The Bertz CT molecular complexity index is 1690. The molecule has 1 saturated carbocycles. The van der Waals surface area contributed by atoms with E-state index in [4.69, 9.17) is 5.73 Å². The van der Waals surface area contributed by atoms with E-state index >= 15 is 0 Å². The first kappa shape index (κ1) is 22.2. The number of anilines is 2. The summed E-state index contributed by atoms with van der Waals surface area (Å²) in [6.07, 6.45) is 7.04. The number of aryl methyl sites for hydroxylation is 1. The summed E-state index contributed by atoms with van der Waals surface area (Å²) < 4.78 is 27.4. The summed E-state index contributed by atoms with van der Waals surface area (Å²) in [5.41, 5.74) is 10.7. The van der Waals surface area contributed by atoms with Gasteiger partial charge >= 0.3 is 0 Å². The van der Waals surface area contributed by atoms with Crippen LogP contribution < -0.4 is 11.1 Å². The van der Waals surface area contributed by atoms with Crippen LogP contribution in [-0.2, 0) is 16.6 Å². The molecule has 36 heavy (non-hydrogen) atoms. The second-order valence-corrected chi connectivity index (χ2v) is 10.6. The SMILES string of the molecule is Cc1ccc(S(=O)(=O)n2ncc3c(CNc4ncc(-c5cc(C6CC6)[nH]n5)c(N)n4)nccc32)cc1. The zero-order chi connectivity index (χ0) is 24.9. The molecular formula is C24H23N9O2S. The molecule has 0 amide bonds. The third-order valence-electron chi connectivity index (χ3n) is 6.22. The molecule has 1 aliphatic rings. The van der Waals surface area contributed by atoms with Gasteiger partial charge in [-0.2, -0.15) is 27.7 Å². The van der Waals surface area contributed by atoms with E-state index in [1.807, 2.05) is 13.0 Å². The van der Waals surface area contributed by atoms with Crippen molar-refractivity contribution in [2.24, 2.45) is 0 Å². The van der Waals surface area contributed by atoms with Crippen molar-refractivity contribution in [1.29, 1.82) is 0 Å². The quantitative estimate of drug-likeness (QED) is 0.304. The van der Waals surface area contributed by atoms with Gasteiger partial charge in [0.25, 0.3) is 10.0 Å². The van der Waals surface area contributed by atoms with Gasteiger partial charge in [0.05, 0.1) is 40.1 Å². The zero-order valence-corrected chi connectivity index (χ0v) is 20.2. The van der Waals surface area contributed by atoms with Gasteiger partial charge in [0.1, 0.15) is 5.82 Å². The van der Waals surface area contributed by atoms with Crippen molar-refractivity contribution in [1.82, 2.24) is 34.3 Å². The standard InChI is InChI=1S/C24H23N9O2S/c1-14-2-6-16(7-3-14)36(34,35)33-22-8-9-26-21(17(22)12-29-33)13-28-24-27-11-18(23(25)30-24)20-10-19(31-32-20)15-4-5-15/h2-3,6-12,15H,4-5,13H2,1H3,(H,31,32)(H3,25,27,28,30). The minimum absolute atomic E-state index is 0.166. The summed E-state index contributed by atoms with van der Waals surface area (Å²) in [5.74, 6) is 1.19. The number of pyridine rings is 1. The fraction of sp³-hybridized carbons (Fsp3) is 0.208. The molecule has 0 atom stereocenters. The molecule has 1 aliphatic carbocycles. The van der Waals surface area contributed by atoms with Crippen LogP contribution in [0.3, 0.4) is 0 Å². The number of hydrogen-bond donors (Lipinski definition) is 3. The molecule has 0 aliphatic heterocycles. The van der Waals surface area contributed by atoms with E-state index in [-0.39, 0.29) is 11.4 Å². The molecule has 1 aromatic carbocycles. The van der Waals surface area contributed by atoms with Crippen molar-refractivity contribution in [3.05, 3.63) is 71.9 Å². The van der Waals surface area contributed by atoms with Crippen LogP contribution in [0.1, 0.15) is 35.7 Å². The maximum absolute atomic E-state index is 13.2. The van der Waals surface area contributed by atoms with Gasteiger partial charge < -0.3 is 11.1 Å². The topological polar surface area (TPSA) is 157 Å². The maximum atomic E-state index is 13.2. The number of nitrogens with zero attached hydrogens (tertiary/aromatic N) is 6. The molecule has 4 N–H and O–H groups in total. The Hall–Kier alpha value is -4.32. The Balaban J connectivity index is 1.23. The Labute approximate surface area is 206 Å². The normalized spacial score (nSPS) is 13.8. The van der Waals surface area contributed by atoms with Crippen molar-refractivity contribution < 1.29 is 8.42 Å². The summed E-state index contributed by atoms with van der Waals surface area (Å²) in [5, 5.41) is 15.3. The molecule has 4 heterocycles. The molecular weight excluding hydrogens is 478 g/mol. The molecule has 0 spiro atoms. The molecule has 4 aromatic heterocycles. The largest absolute Gasteiger partial charge is 0.383 e. The molecule has 1 fully saturated rings. The fourth-order valence-electron chi connectivity index (χ4n) is 4.05. The summed E-state index contributed by atoms with van der Waals surface area (Å²) in [4.78, 5) is 13.3. The van der Waals surface area contributed by atoms with Crippen molar-refractivity contribution in [2.45, 2.75) is 37.1 Å². The lowest BCUT2D eigenvalue weighted by Gasteiger charge is -2.09. The van der Waals surface area contributed by atoms with Crippen LogP contribution in [-0.4, -0.2) is 42.8 Å². The van der Waals surface area contributed by atoms with Crippen LogP contribution in [0.5, 0.6) is 0 Å². The molecule has 182 valence electrons. The lowest BCUT2D eigenvalue weighted by molar-refractivity contribution is 0.582. The van der Waals surface area contributed by atoms with Crippen LogP contribution in [0.2, 0.25) is 0 Å². The predicted molar refractivity (Wildman–Crippen MR) is 135 cm³/mol. The van der Waals surface area contributed by atoms with Gasteiger partial charge in [0.15, 0.2) is 0 Å². The van der Waals surface area contributed by atoms with Gasteiger partial charge in [0, 0.05) is 29.4 Å². The molecule has 0 saturated heterocycles. The Morgan fingerprint density at radius 2 is 1.94 bits per heavy atom. The highest BCUT2D eigenvalue weighted by molar-refractivity contribution is 7.90. The van der Waals surface area contributed by atoms with E-state index < -0.39 is 10.0 Å². The van der Waals surface area contributed by atoms with Crippen LogP contribution in [0.15, 0.2) is 59.9 Å². The summed E-state index contributed by atoms with van der Waals surface area (Å²) in [6.45, 7) is 2.15. The van der Waals surface area contributed by atoms with Crippen molar-refractivity contribution >= 4 is 32.7 Å². The third kappa shape index (κ3) is 3.94. The number of fused-ring (bicyclic) bond motifs is 1. The van der Waals surface area contributed by atoms with Gasteiger partial charge in [-0.15, -0.1) is 0 Å². The number of benzene rings is 1. The van der Waals surface area contributed by atoms with Gasteiger partial charge in [-0.1, -0.05) is 17.7 Å². The van der Waals surface area contributed by atoms with E-state index in [0.29, 0.717) is 39.8 Å². The van der Waals surface area contributed by atoms with E-state index in [1.165, 1.54) is 19.0 Å². The average Bonchev–Trinajstić information content (AvgIpc) is 3.43. The third-order valence-corrected chi connectivity index (χ3v) is 7.83. The number of H-pyrrole nitrogens is 1. The molecule has 0 radical (unpaired) electrons. The predicted octanol–water partition coefficient (Wildman–Crippen LogP) is 3.23. The van der Waals surface area contributed by atoms with Crippen LogP contribution in [0, 0.1) is 6.92 Å². The highest BCUT2D eigenvalue weighted by Gasteiger charge is 2.26. The number of nitrogens with one attached hydrogen (secondary N) is 2. The zero-order valence-electron chi connectivity index (χ0n) is 19.4. The molecule has 0 bridgehead atoms. The van der Waals surface area contributed by atoms with Crippen LogP contribution in [0.4, 0.5) is 11.8 Å². The summed E-state index contributed by atoms with van der Waals surface area (Å²) in [7, 11) is -3.85. The van der Waals surface area contributed by atoms with Gasteiger partial charge in [-0.05, 0) is 44.0 Å². The summed E-state index contributed by atoms with van der Waals surface area (Å²) >= 11 is 0. The Morgan fingerprint density at radius 3 is 2.69 bits per heavy atom. The first-order valence-corrected chi connectivity index (χ1v) is 12.9. The number of nitrogens with two attached hydrogens (primary N) is 1. The van der Waals surface area contributed by atoms with Crippen molar-refractivity contribution in [3.8, 4) is 11.3 Å². The number of nitrogen functional groups attached to an aromatic ring is 1. The maximum Gasteiger partial charge on any atom is 0.283 e. The van der Waals surface area contributed by atoms with E-state index in [0.717, 1.165) is 21.0 Å². The minimum atomic E-state index is -3.85. The van der Waals surface area contributed by atoms with E-state index in [1.54, 1.807) is 42.7 Å². The fourth-order valence-corrected chi connectivity index (χ4v) is 5.31. The Morgan fingerprint density at radius 1 is 1.14 bits per heavy atom. The van der Waals surface area contributed by atoms with Gasteiger partial charge in [-0.3, -0.25) is 10.1 Å². The summed E-state index contributed by atoms with van der Waals surface area (Å²) in [6, 6.07) is 10.3. The average molecular weight is 502 g/mol. The second-order valence-electron chi connectivity index (χ2n) is 8.82. The second kappa shape index (κ2) is 8.41. The first-order chi connectivity index (χ1) is 17.4. The van der Waals surface area contributed by atoms with E-state index in [9.17, 15) is 8.42 Å². The lowest BCUT2D eigenvalue weighted by atomic mass is 10.2. The van der Waals surface area contributed by atoms with E-state index in [2.05, 4.69) is 35.6 Å². The van der Waals surface area contributed by atoms with Gasteiger partial charge in [0.2, 0.25) is 5.95 Å². The molecule has 11 nitrogen and oxygen atoms in total. The van der Waals surface area contributed by atoms with Crippen molar-refractivity contribution in [2.75, 3.05) is 11.1 Å². The highest BCUT2D eigenvalue weighted by Crippen LogP contribution is 2.40. The van der Waals surface area contributed by atoms with Gasteiger partial charge in [-0.25, -0.2) is 4.98 Å². The number of hydrogen-bond acceptors (Lipinski definition) is 9. The Kier molecular flexibility index (Phi) is 5.18. The monoisotopic (exact) mass is 501 g/mol. The lowest BCUT2D eigenvalue weighted by Crippen LogP contribution is -2.14. The highest BCUT2D eigenvalue weighted by atomic mass is 32.2. The first-order valence-electron chi connectivity index (χ1n) is 11.5.